The van der Waals surface area contributed by atoms with Gasteiger partial charge in [0, 0.05) is 31.6 Å². The highest BCUT2D eigenvalue weighted by atomic mass is 32.2. The van der Waals surface area contributed by atoms with Crippen molar-refractivity contribution in [3.63, 3.8) is 0 Å². The maximum atomic E-state index is 12.1. The van der Waals surface area contributed by atoms with Crippen molar-refractivity contribution in [2.45, 2.75) is 12.3 Å². The van der Waals surface area contributed by atoms with E-state index in [9.17, 15) is 4.79 Å². The van der Waals surface area contributed by atoms with Crippen LogP contribution in [0.4, 0.5) is 0 Å². The van der Waals surface area contributed by atoms with Gasteiger partial charge in [-0.3, -0.25) is 4.79 Å². The fourth-order valence-electron chi connectivity index (χ4n) is 2.82. The van der Waals surface area contributed by atoms with Crippen molar-refractivity contribution in [3.8, 4) is 11.4 Å². The molecule has 0 spiro atoms. The molecule has 1 fully saturated rings. The van der Waals surface area contributed by atoms with Crippen molar-refractivity contribution in [1.29, 1.82) is 0 Å². The van der Waals surface area contributed by atoms with Crippen LogP contribution in [0.1, 0.15) is 17.9 Å². The van der Waals surface area contributed by atoms with Gasteiger partial charge in [0.25, 0.3) is 0 Å². The molecule has 0 aliphatic carbocycles. The molecule has 1 atom stereocenters. The molecule has 1 amide bonds. The first-order valence-corrected chi connectivity index (χ1v) is 9.09. The van der Waals surface area contributed by atoms with Gasteiger partial charge in [-0.2, -0.15) is 0 Å². The number of ether oxygens (including phenoxy) is 2. The Kier molecular flexibility index (Phi) is 5.48. The molecule has 128 valence electrons. The van der Waals surface area contributed by atoms with Crippen LogP contribution in [0.25, 0.3) is 5.69 Å². The molecule has 2 aromatic rings. The fraction of sp³-hybridized carbons (Fsp3) is 0.389. The zero-order valence-electron chi connectivity index (χ0n) is 14.0. The Labute approximate surface area is 146 Å². The molecular weight excluding hydrogens is 324 g/mol. The van der Waals surface area contributed by atoms with Crippen LogP contribution in [-0.2, 0) is 9.53 Å². The van der Waals surface area contributed by atoms with Crippen molar-refractivity contribution in [2.75, 3.05) is 32.6 Å². The summed E-state index contributed by atoms with van der Waals surface area (Å²) in [5, 5.41) is 0.0492. The van der Waals surface area contributed by atoms with Crippen LogP contribution in [0.3, 0.4) is 0 Å². The molecular formula is C18H22N2O3S. The van der Waals surface area contributed by atoms with Gasteiger partial charge in [0.1, 0.15) is 11.1 Å². The van der Waals surface area contributed by atoms with Crippen molar-refractivity contribution in [3.05, 3.63) is 48.3 Å². The van der Waals surface area contributed by atoms with Crippen LogP contribution < -0.4 is 4.74 Å². The number of carbonyl (C=O) groups excluding carboxylic acids is 1. The summed E-state index contributed by atoms with van der Waals surface area (Å²) in [7, 11) is 1.66. The number of carbonyl (C=O) groups is 1. The second kappa shape index (κ2) is 7.77. The fourth-order valence-corrected chi connectivity index (χ4v) is 4.02. The van der Waals surface area contributed by atoms with Crippen LogP contribution in [0.5, 0.6) is 5.75 Å². The normalized spacial score (nSPS) is 17.5. The predicted molar refractivity (Wildman–Crippen MR) is 95.7 cm³/mol. The molecule has 1 aliphatic heterocycles. The minimum atomic E-state index is 0.0492. The van der Waals surface area contributed by atoms with E-state index < -0.39 is 0 Å². The standard InChI is InChI=1S/C18H22N2O3S/c1-3-23-16-7-5-4-6-15(16)19-9-8-14(12-19)18-20(10-11-22-2)17(21)13-24-18/h4-9,12,18H,3,10-11,13H2,1-2H3/t18-/m1/s1. The van der Waals surface area contributed by atoms with Gasteiger partial charge < -0.3 is 18.9 Å². The molecule has 1 aromatic heterocycles. The second-order valence-corrected chi connectivity index (χ2v) is 6.56. The minimum Gasteiger partial charge on any atom is -0.492 e. The Bertz CT molecular complexity index is 701. The number of benzene rings is 1. The average molecular weight is 346 g/mol. The Hall–Kier alpha value is -1.92. The highest BCUT2D eigenvalue weighted by molar-refractivity contribution is 8.00. The average Bonchev–Trinajstić information content (AvgIpc) is 3.21. The van der Waals surface area contributed by atoms with E-state index in [4.69, 9.17) is 9.47 Å². The largest absolute Gasteiger partial charge is 0.492 e. The summed E-state index contributed by atoms with van der Waals surface area (Å²) in [6.07, 6.45) is 4.10. The number of nitrogens with zero attached hydrogens (tertiary/aromatic N) is 2. The van der Waals surface area contributed by atoms with Crippen molar-refractivity contribution < 1.29 is 14.3 Å². The van der Waals surface area contributed by atoms with E-state index in [1.807, 2.05) is 42.3 Å². The summed E-state index contributed by atoms with van der Waals surface area (Å²) >= 11 is 1.66. The maximum absolute atomic E-state index is 12.1. The van der Waals surface area contributed by atoms with E-state index in [1.165, 1.54) is 0 Å². The molecule has 0 N–H and O–H groups in total. The zero-order valence-corrected chi connectivity index (χ0v) is 14.8. The van der Waals surface area contributed by atoms with Crippen molar-refractivity contribution in [2.24, 2.45) is 0 Å². The summed E-state index contributed by atoms with van der Waals surface area (Å²) in [4.78, 5) is 14.0. The van der Waals surface area contributed by atoms with Crippen molar-refractivity contribution >= 4 is 17.7 Å². The van der Waals surface area contributed by atoms with Gasteiger partial charge >= 0.3 is 0 Å². The van der Waals surface area contributed by atoms with Gasteiger partial charge in [0.15, 0.2) is 0 Å². The highest BCUT2D eigenvalue weighted by Gasteiger charge is 2.32. The Morgan fingerprint density at radius 2 is 2.12 bits per heavy atom. The molecule has 6 heteroatoms. The molecule has 1 aromatic carbocycles. The summed E-state index contributed by atoms with van der Waals surface area (Å²) in [6.45, 7) is 3.78. The molecule has 2 heterocycles. The molecule has 5 nitrogen and oxygen atoms in total. The Morgan fingerprint density at radius 1 is 1.29 bits per heavy atom. The van der Waals surface area contributed by atoms with E-state index in [0.29, 0.717) is 25.5 Å². The number of hydrogen-bond donors (Lipinski definition) is 0. The van der Waals surface area contributed by atoms with E-state index in [2.05, 4.69) is 16.8 Å². The molecule has 1 saturated heterocycles. The van der Waals surface area contributed by atoms with Crippen molar-refractivity contribution in [1.82, 2.24) is 9.47 Å². The third-order valence-electron chi connectivity index (χ3n) is 3.95. The quantitative estimate of drug-likeness (QED) is 0.773. The zero-order chi connectivity index (χ0) is 16.9. The van der Waals surface area contributed by atoms with E-state index in [0.717, 1.165) is 17.0 Å². The van der Waals surface area contributed by atoms with E-state index >= 15 is 0 Å². The number of amides is 1. The lowest BCUT2D eigenvalue weighted by Gasteiger charge is -2.22. The summed E-state index contributed by atoms with van der Waals surface area (Å²) in [5.41, 5.74) is 2.12. The molecule has 24 heavy (non-hydrogen) atoms. The lowest BCUT2D eigenvalue weighted by atomic mass is 10.3. The first-order chi connectivity index (χ1) is 11.7. The summed E-state index contributed by atoms with van der Waals surface area (Å²) in [6, 6.07) is 10.0. The SMILES string of the molecule is CCOc1ccccc1-n1ccc([C@H]2SCC(=O)N2CCOC)c1. The smallest absolute Gasteiger partial charge is 0.233 e. The Morgan fingerprint density at radius 3 is 2.92 bits per heavy atom. The predicted octanol–water partition coefficient (Wildman–Crippen LogP) is 3.10. The Balaban J connectivity index is 1.84. The van der Waals surface area contributed by atoms with Crippen LogP contribution >= 0.6 is 11.8 Å². The second-order valence-electron chi connectivity index (χ2n) is 5.50. The lowest BCUT2D eigenvalue weighted by molar-refractivity contribution is -0.128. The maximum Gasteiger partial charge on any atom is 0.233 e. The van der Waals surface area contributed by atoms with Crippen LogP contribution in [0.15, 0.2) is 42.7 Å². The third-order valence-corrected chi connectivity index (χ3v) is 5.20. The van der Waals surface area contributed by atoms with Gasteiger partial charge in [-0.25, -0.2) is 0 Å². The van der Waals surface area contributed by atoms with E-state index in [-0.39, 0.29) is 11.3 Å². The molecule has 0 radical (unpaired) electrons. The number of para-hydroxylation sites is 2. The van der Waals surface area contributed by atoms with Gasteiger partial charge in [-0.1, -0.05) is 12.1 Å². The third kappa shape index (κ3) is 3.44. The summed E-state index contributed by atoms with van der Waals surface area (Å²) in [5.74, 6) is 1.55. The van der Waals surface area contributed by atoms with Gasteiger partial charge in [0.05, 0.1) is 24.7 Å². The minimum absolute atomic E-state index is 0.0492. The molecule has 1 aliphatic rings. The number of methoxy groups -OCH3 is 1. The first-order valence-electron chi connectivity index (χ1n) is 8.04. The summed E-state index contributed by atoms with van der Waals surface area (Å²) < 4.78 is 12.9. The van der Waals surface area contributed by atoms with Gasteiger partial charge in [-0.05, 0) is 25.1 Å². The van der Waals surface area contributed by atoms with Crippen LogP contribution in [-0.4, -0.2) is 48.0 Å². The van der Waals surface area contributed by atoms with Crippen LogP contribution in [0.2, 0.25) is 0 Å². The van der Waals surface area contributed by atoms with Gasteiger partial charge in [-0.15, -0.1) is 11.8 Å². The molecule has 0 saturated carbocycles. The van der Waals surface area contributed by atoms with Gasteiger partial charge in [0.2, 0.25) is 5.91 Å². The highest BCUT2D eigenvalue weighted by Crippen LogP contribution is 2.39. The monoisotopic (exact) mass is 346 g/mol. The first kappa shape index (κ1) is 16.9. The number of aromatic nitrogens is 1. The molecule has 3 rings (SSSR count). The van der Waals surface area contributed by atoms with Crippen LogP contribution in [0, 0.1) is 0 Å². The lowest BCUT2D eigenvalue weighted by Crippen LogP contribution is -2.31. The topological polar surface area (TPSA) is 43.7 Å². The molecule has 0 unspecified atom stereocenters. The van der Waals surface area contributed by atoms with E-state index in [1.54, 1.807) is 18.9 Å². The number of hydrogen-bond acceptors (Lipinski definition) is 4. The number of rotatable bonds is 7. The number of thioether (sulfide) groups is 1. The molecule has 0 bridgehead atoms.